The zero-order valence-electron chi connectivity index (χ0n) is 18.8. The Labute approximate surface area is 196 Å². The van der Waals surface area contributed by atoms with Crippen molar-refractivity contribution in [2.24, 2.45) is 0 Å². The van der Waals surface area contributed by atoms with Gasteiger partial charge in [-0.2, -0.15) is 5.26 Å². The summed E-state index contributed by atoms with van der Waals surface area (Å²) in [6, 6.07) is 10.6. The number of hydrogen-bond donors (Lipinski definition) is 3. The molecule has 34 heavy (non-hydrogen) atoms. The lowest BCUT2D eigenvalue weighted by Gasteiger charge is -2.34. The van der Waals surface area contributed by atoms with Crippen LogP contribution in [0.2, 0.25) is 0 Å². The summed E-state index contributed by atoms with van der Waals surface area (Å²) in [5, 5.41) is 24.5. The maximum absolute atomic E-state index is 14.6. The first-order chi connectivity index (χ1) is 16.4. The van der Waals surface area contributed by atoms with Crippen molar-refractivity contribution in [2.45, 2.75) is 37.1 Å². The monoisotopic (exact) mass is 467 g/mol. The van der Waals surface area contributed by atoms with Crippen molar-refractivity contribution in [1.82, 2.24) is 15.2 Å². The molecule has 1 saturated heterocycles. The largest absolute Gasteiger partial charge is 0.486 e. The minimum Gasteiger partial charge on any atom is -0.486 e. The van der Waals surface area contributed by atoms with Gasteiger partial charge in [-0.3, -0.25) is 9.59 Å². The van der Waals surface area contributed by atoms with Crippen LogP contribution in [0.1, 0.15) is 24.8 Å². The van der Waals surface area contributed by atoms with Gasteiger partial charge in [-0.05, 0) is 55.3 Å². The minimum atomic E-state index is -1.44. The summed E-state index contributed by atoms with van der Waals surface area (Å²) >= 11 is 0. The highest BCUT2D eigenvalue weighted by atomic mass is 19.1. The van der Waals surface area contributed by atoms with Crippen molar-refractivity contribution in [3.05, 3.63) is 42.1 Å². The molecule has 1 aliphatic heterocycles. The number of alkyl halides is 1. The molecule has 9 nitrogen and oxygen atoms in total. The van der Waals surface area contributed by atoms with E-state index in [1.54, 1.807) is 43.6 Å². The van der Waals surface area contributed by atoms with E-state index in [2.05, 4.69) is 21.7 Å². The Morgan fingerprint density at radius 1 is 1.32 bits per heavy atom. The van der Waals surface area contributed by atoms with Crippen LogP contribution in [0, 0.1) is 11.3 Å². The highest BCUT2D eigenvalue weighted by Crippen LogP contribution is 2.36. The summed E-state index contributed by atoms with van der Waals surface area (Å²) in [5.41, 5.74) is 1.19. The molecule has 4 rings (SSSR count). The van der Waals surface area contributed by atoms with Crippen molar-refractivity contribution in [3.63, 3.8) is 0 Å². The maximum atomic E-state index is 14.6. The van der Waals surface area contributed by atoms with E-state index in [1.165, 1.54) is 4.90 Å². The van der Waals surface area contributed by atoms with Gasteiger partial charge in [0.25, 0.3) is 0 Å². The van der Waals surface area contributed by atoms with E-state index in [9.17, 15) is 19.2 Å². The second kappa shape index (κ2) is 9.75. The van der Waals surface area contributed by atoms with Crippen LogP contribution in [0.25, 0.3) is 11.1 Å². The highest BCUT2D eigenvalue weighted by Gasteiger charge is 2.48. The van der Waals surface area contributed by atoms with Crippen molar-refractivity contribution >= 4 is 17.6 Å². The van der Waals surface area contributed by atoms with Gasteiger partial charge in [0.1, 0.15) is 30.3 Å². The first kappa shape index (κ1) is 23.6. The number of ether oxygens (including phenoxy) is 1. The SMILES string of the molecule is CNC1(C(=O)Nc2cc(-c3ccc(O[C@H]4CCN(C(=O)CO)C[C@H]4F)c(C#N)c3)ccn2)CC1. The standard InChI is InChI=1S/C24H26FN5O4/c1-27-24(6-7-24)23(33)29-21-11-16(4-8-28-21)15-2-3-19(17(10-15)12-26)34-20-5-9-30(13-18(20)25)22(32)14-31/h2-4,8,10-11,18,20,27,31H,5-7,9,13-14H2,1H3,(H,28,29,33)/t18-,20+/m1/s1. The Kier molecular flexibility index (Phi) is 6.77. The minimum absolute atomic E-state index is 0.131. The van der Waals surface area contributed by atoms with Gasteiger partial charge in [-0.25, -0.2) is 9.37 Å². The number of piperidine rings is 1. The molecule has 2 aliphatic rings. The number of nitrogens with zero attached hydrogens (tertiary/aromatic N) is 3. The average Bonchev–Trinajstić information content (AvgIpc) is 3.66. The number of carbonyl (C=O) groups is 2. The molecule has 2 aromatic rings. The molecule has 0 radical (unpaired) electrons. The topological polar surface area (TPSA) is 128 Å². The van der Waals surface area contributed by atoms with Gasteiger partial charge >= 0.3 is 0 Å². The zero-order chi connectivity index (χ0) is 24.3. The second-order valence-corrected chi connectivity index (χ2v) is 8.50. The molecular weight excluding hydrogens is 441 g/mol. The molecule has 10 heteroatoms. The predicted octanol–water partition coefficient (Wildman–Crippen LogP) is 1.62. The predicted molar refractivity (Wildman–Crippen MR) is 122 cm³/mol. The number of hydrogen-bond acceptors (Lipinski definition) is 7. The van der Waals surface area contributed by atoms with Crippen LogP contribution in [0.15, 0.2) is 36.5 Å². The number of aliphatic hydroxyl groups is 1. The number of benzene rings is 1. The van der Waals surface area contributed by atoms with Crippen LogP contribution in [-0.4, -0.2) is 71.4 Å². The van der Waals surface area contributed by atoms with Crippen molar-refractivity contribution in [1.29, 1.82) is 5.26 Å². The van der Waals surface area contributed by atoms with E-state index in [0.29, 0.717) is 5.82 Å². The number of nitrogens with one attached hydrogen (secondary N) is 2. The molecule has 0 bridgehead atoms. The average molecular weight is 468 g/mol. The summed E-state index contributed by atoms with van der Waals surface area (Å²) in [5.74, 6) is 0.0170. The number of nitriles is 1. The van der Waals surface area contributed by atoms with Gasteiger partial charge in [0.05, 0.1) is 17.6 Å². The van der Waals surface area contributed by atoms with Gasteiger partial charge in [0, 0.05) is 19.2 Å². The molecule has 2 atom stereocenters. The third-order valence-corrected chi connectivity index (χ3v) is 6.35. The fraction of sp³-hybridized carbons (Fsp3) is 0.417. The smallest absolute Gasteiger partial charge is 0.248 e. The van der Waals surface area contributed by atoms with Crippen molar-refractivity contribution in [3.8, 4) is 22.9 Å². The number of likely N-dealkylation sites (tertiary alicyclic amines) is 1. The Morgan fingerprint density at radius 3 is 2.74 bits per heavy atom. The lowest BCUT2D eigenvalue weighted by Crippen LogP contribution is -2.50. The number of carbonyl (C=O) groups excluding carboxylic acids is 2. The maximum Gasteiger partial charge on any atom is 0.248 e. The van der Waals surface area contributed by atoms with Gasteiger partial charge in [-0.15, -0.1) is 0 Å². The van der Waals surface area contributed by atoms with Gasteiger partial charge in [0.2, 0.25) is 11.8 Å². The number of rotatable bonds is 7. The number of halogens is 1. The van der Waals surface area contributed by atoms with E-state index < -0.39 is 30.3 Å². The lowest BCUT2D eigenvalue weighted by atomic mass is 10.0. The number of pyridine rings is 1. The summed E-state index contributed by atoms with van der Waals surface area (Å²) in [6.45, 7) is -0.551. The normalized spacial score (nSPS) is 20.8. The molecule has 178 valence electrons. The van der Waals surface area contributed by atoms with Gasteiger partial charge < -0.3 is 25.4 Å². The molecule has 1 aromatic carbocycles. The number of aliphatic hydroxyl groups excluding tert-OH is 1. The van der Waals surface area contributed by atoms with Crippen molar-refractivity contribution in [2.75, 3.05) is 32.1 Å². The van der Waals surface area contributed by atoms with Crippen LogP contribution in [0.4, 0.5) is 10.2 Å². The molecule has 3 N–H and O–H groups in total. The summed E-state index contributed by atoms with van der Waals surface area (Å²) in [4.78, 5) is 29.5. The molecule has 1 aromatic heterocycles. The fourth-order valence-corrected chi connectivity index (χ4v) is 4.04. The van der Waals surface area contributed by atoms with E-state index in [0.717, 1.165) is 24.0 Å². The van der Waals surface area contributed by atoms with E-state index in [4.69, 9.17) is 9.84 Å². The molecule has 1 saturated carbocycles. The molecule has 2 heterocycles. The van der Waals surface area contributed by atoms with Gasteiger partial charge in [-0.1, -0.05) is 6.07 Å². The second-order valence-electron chi connectivity index (χ2n) is 8.50. The number of aromatic nitrogens is 1. The van der Waals surface area contributed by atoms with Crippen LogP contribution in [0.5, 0.6) is 5.75 Å². The zero-order valence-corrected chi connectivity index (χ0v) is 18.8. The van der Waals surface area contributed by atoms with E-state index in [1.807, 2.05) is 0 Å². The highest BCUT2D eigenvalue weighted by molar-refractivity contribution is 6.00. The Morgan fingerprint density at radius 2 is 2.09 bits per heavy atom. The summed E-state index contributed by atoms with van der Waals surface area (Å²) in [7, 11) is 1.76. The van der Waals surface area contributed by atoms with E-state index in [-0.39, 0.29) is 36.7 Å². The van der Waals surface area contributed by atoms with Crippen LogP contribution in [0.3, 0.4) is 0 Å². The quantitative estimate of drug-likeness (QED) is 0.565. The first-order valence-corrected chi connectivity index (χ1v) is 11.1. The molecular formula is C24H26FN5O4. The number of anilines is 1. The van der Waals surface area contributed by atoms with E-state index >= 15 is 0 Å². The molecule has 0 unspecified atom stereocenters. The fourth-order valence-electron chi connectivity index (χ4n) is 4.04. The Hall–Kier alpha value is -3.55. The third-order valence-electron chi connectivity index (χ3n) is 6.35. The van der Waals surface area contributed by atoms with Gasteiger partial charge in [0.15, 0.2) is 6.17 Å². The van der Waals surface area contributed by atoms with Crippen LogP contribution < -0.4 is 15.4 Å². The van der Waals surface area contributed by atoms with Crippen LogP contribution in [-0.2, 0) is 9.59 Å². The number of amides is 2. The first-order valence-electron chi connectivity index (χ1n) is 11.1. The number of likely N-dealkylation sites (N-methyl/N-ethyl adjacent to an activating group) is 1. The summed E-state index contributed by atoms with van der Waals surface area (Å²) in [6.07, 6.45) is 1.15. The van der Waals surface area contributed by atoms with Crippen LogP contribution >= 0.6 is 0 Å². The molecule has 2 fully saturated rings. The van der Waals surface area contributed by atoms with Crippen molar-refractivity contribution < 1.29 is 23.8 Å². The Bertz CT molecular complexity index is 1130. The lowest BCUT2D eigenvalue weighted by molar-refractivity contribution is -0.138. The Balaban J connectivity index is 1.47. The molecule has 0 spiro atoms. The molecule has 1 aliphatic carbocycles. The molecule has 2 amide bonds. The summed E-state index contributed by atoms with van der Waals surface area (Å²) < 4.78 is 20.4. The third kappa shape index (κ3) is 4.85.